The molecule has 25 heavy (non-hydrogen) atoms. The van der Waals surface area contributed by atoms with E-state index < -0.39 is 0 Å². The summed E-state index contributed by atoms with van der Waals surface area (Å²) < 4.78 is 10.6. The Labute approximate surface area is 150 Å². The second-order valence-electron chi connectivity index (χ2n) is 5.59. The molecule has 0 bridgehead atoms. The molecule has 3 rings (SSSR count). The number of halogens is 1. The molecule has 1 aliphatic heterocycles. The van der Waals surface area contributed by atoms with Crippen LogP contribution < -0.4 is 10.1 Å². The van der Waals surface area contributed by atoms with Crippen molar-refractivity contribution < 1.29 is 14.3 Å². The number of hydrogen-bond acceptors (Lipinski definition) is 6. The Morgan fingerprint density at radius 2 is 2.04 bits per heavy atom. The predicted octanol–water partition coefficient (Wildman–Crippen LogP) is 2.66. The van der Waals surface area contributed by atoms with Crippen molar-refractivity contribution in [2.24, 2.45) is 0 Å². The lowest BCUT2D eigenvalue weighted by Gasteiger charge is -2.26. The van der Waals surface area contributed by atoms with Crippen LogP contribution in [0.5, 0.6) is 5.75 Å². The van der Waals surface area contributed by atoms with Gasteiger partial charge in [-0.15, -0.1) is 0 Å². The Morgan fingerprint density at radius 1 is 1.28 bits per heavy atom. The van der Waals surface area contributed by atoms with Crippen molar-refractivity contribution in [2.75, 3.05) is 38.7 Å². The summed E-state index contributed by atoms with van der Waals surface area (Å²) in [5.74, 6) is 0.794. The Morgan fingerprint density at radius 3 is 2.76 bits per heavy atom. The number of hydrogen-bond donors (Lipinski definition) is 1. The third kappa shape index (κ3) is 4.18. The highest BCUT2D eigenvalue weighted by atomic mass is 35.5. The van der Waals surface area contributed by atoms with E-state index in [0.29, 0.717) is 60.1 Å². The van der Waals surface area contributed by atoms with Gasteiger partial charge in [0.1, 0.15) is 11.4 Å². The fourth-order valence-corrected chi connectivity index (χ4v) is 2.73. The van der Waals surface area contributed by atoms with E-state index in [1.807, 2.05) is 6.92 Å². The molecule has 0 aliphatic carbocycles. The molecular weight excluding hydrogens is 344 g/mol. The highest BCUT2D eigenvalue weighted by Crippen LogP contribution is 2.29. The average molecular weight is 363 g/mol. The normalized spacial score (nSPS) is 14.3. The van der Waals surface area contributed by atoms with Crippen LogP contribution in [0.15, 0.2) is 24.3 Å². The maximum atomic E-state index is 12.6. The molecular formula is C17H19ClN4O3. The molecule has 1 amide bonds. The molecule has 1 aliphatic rings. The molecule has 2 heterocycles. The van der Waals surface area contributed by atoms with E-state index in [-0.39, 0.29) is 5.91 Å². The Bertz CT molecular complexity index is 778. The van der Waals surface area contributed by atoms with Crippen molar-refractivity contribution in [3.8, 4) is 5.75 Å². The van der Waals surface area contributed by atoms with Crippen LogP contribution in [0.4, 0.5) is 11.6 Å². The number of nitrogens with one attached hydrogen (secondary N) is 1. The molecule has 8 heteroatoms. The van der Waals surface area contributed by atoms with Gasteiger partial charge in [-0.1, -0.05) is 11.6 Å². The standard InChI is InChI=1S/C17H19ClN4O3/c1-11-9-14(16(23)22-5-7-25-8-6-22)21-17(19-11)20-13-10-12(18)3-4-15(13)24-2/h3-4,9-10H,5-8H2,1-2H3,(H,19,20,21). The van der Waals surface area contributed by atoms with Gasteiger partial charge < -0.3 is 19.7 Å². The van der Waals surface area contributed by atoms with E-state index in [9.17, 15) is 4.79 Å². The van der Waals surface area contributed by atoms with Gasteiger partial charge in [0.25, 0.3) is 5.91 Å². The molecule has 1 saturated heterocycles. The minimum absolute atomic E-state index is 0.130. The van der Waals surface area contributed by atoms with Crippen molar-refractivity contribution in [3.05, 3.63) is 40.7 Å². The summed E-state index contributed by atoms with van der Waals surface area (Å²) in [6.45, 7) is 4.03. The summed E-state index contributed by atoms with van der Waals surface area (Å²) in [5, 5.41) is 3.63. The van der Waals surface area contributed by atoms with Crippen LogP contribution in [0.3, 0.4) is 0 Å². The summed E-state index contributed by atoms with van der Waals surface area (Å²) in [4.78, 5) is 23.1. The molecule has 1 N–H and O–H groups in total. The van der Waals surface area contributed by atoms with Crippen molar-refractivity contribution in [1.29, 1.82) is 0 Å². The number of benzene rings is 1. The van der Waals surface area contributed by atoms with Gasteiger partial charge in [0.05, 0.1) is 26.0 Å². The van der Waals surface area contributed by atoms with Gasteiger partial charge in [-0.25, -0.2) is 9.97 Å². The first-order chi connectivity index (χ1) is 12.1. The smallest absolute Gasteiger partial charge is 0.272 e. The van der Waals surface area contributed by atoms with E-state index in [4.69, 9.17) is 21.1 Å². The van der Waals surface area contributed by atoms with Gasteiger partial charge >= 0.3 is 0 Å². The predicted molar refractivity (Wildman–Crippen MR) is 94.8 cm³/mol. The van der Waals surface area contributed by atoms with Crippen LogP contribution in [0, 0.1) is 6.92 Å². The first-order valence-electron chi connectivity index (χ1n) is 7.90. The summed E-state index contributed by atoms with van der Waals surface area (Å²) in [7, 11) is 1.57. The highest BCUT2D eigenvalue weighted by molar-refractivity contribution is 6.31. The molecule has 2 aromatic rings. The summed E-state index contributed by atoms with van der Waals surface area (Å²) in [6, 6.07) is 6.88. The van der Waals surface area contributed by atoms with Gasteiger partial charge in [-0.2, -0.15) is 0 Å². The molecule has 132 valence electrons. The van der Waals surface area contributed by atoms with Crippen LogP contribution in [-0.4, -0.2) is 54.2 Å². The van der Waals surface area contributed by atoms with Gasteiger partial charge in [0.15, 0.2) is 0 Å². The number of morpholine rings is 1. The van der Waals surface area contributed by atoms with Gasteiger partial charge in [0.2, 0.25) is 5.95 Å². The summed E-state index contributed by atoms with van der Waals surface area (Å²) in [6.07, 6.45) is 0. The number of ether oxygens (including phenoxy) is 2. The number of carbonyl (C=O) groups is 1. The monoisotopic (exact) mass is 362 g/mol. The van der Waals surface area contributed by atoms with Crippen LogP contribution in [0.1, 0.15) is 16.2 Å². The zero-order chi connectivity index (χ0) is 17.8. The zero-order valence-electron chi connectivity index (χ0n) is 14.1. The molecule has 1 aromatic heterocycles. The van der Waals surface area contributed by atoms with Crippen molar-refractivity contribution >= 4 is 29.1 Å². The lowest BCUT2D eigenvalue weighted by Crippen LogP contribution is -2.41. The van der Waals surface area contributed by atoms with E-state index in [0.717, 1.165) is 0 Å². The Kier molecular flexibility index (Phi) is 5.35. The van der Waals surface area contributed by atoms with E-state index in [2.05, 4.69) is 15.3 Å². The number of carbonyl (C=O) groups excluding carboxylic acids is 1. The van der Waals surface area contributed by atoms with Crippen molar-refractivity contribution in [1.82, 2.24) is 14.9 Å². The quantitative estimate of drug-likeness (QED) is 0.901. The Balaban J connectivity index is 1.87. The fourth-order valence-electron chi connectivity index (χ4n) is 2.56. The second kappa shape index (κ2) is 7.67. The number of methoxy groups -OCH3 is 1. The largest absolute Gasteiger partial charge is 0.495 e. The van der Waals surface area contributed by atoms with Crippen molar-refractivity contribution in [2.45, 2.75) is 6.92 Å². The lowest BCUT2D eigenvalue weighted by molar-refractivity contribution is 0.0299. The molecule has 7 nitrogen and oxygen atoms in total. The summed E-state index contributed by atoms with van der Waals surface area (Å²) >= 11 is 6.05. The van der Waals surface area contributed by atoms with Crippen LogP contribution in [0.2, 0.25) is 5.02 Å². The first-order valence-corrected chi connectivity index (χ1v) is 8.28. The van der Waals surface area contributed by atoms with Gasteiger partial charge in [-0.05, 0) is 31.2 Å². The minimum Gasteiger partial charge on any atom is -0.495 e. The number of rotatable bonds is 4. The summed E-state index contributed by atoms with van der Waals surface area (Å²) in [5.41, 5.74) is 1.67. The third-order valence-electron chi connectivity index (χ3n) is 3.78. The molecule has 0 radical (unpaired) electrons. The van der Waals surface area contributed by atoms with E-state index in [1.54, 1.807) is 36.3 Å². The molecule has 0 unspecified atom stereocenters. The molecule has 0 spiro atoms. The molecule has 0 saturated carbocycles. The maximum Gasteiger partial charge on any atom is 0.272 e. The van der Waals surface area contributed by atoms with Crippen LogP contribution in [0.25, 0.3) is 0 Å². The first kappa shape index (κ1) is 17.4. The lowest BCUT2D eigenvalue weighted by atomic mass is 10.2. The SMILES string of the molecule is COc1ccc(Cl)cc1Nc1nc(C)cc(C(=O)N2CCOCC2)n1. The number of nitrogens with zero attached hydrogens (tertiary/aromatic N) is 3. The Hall–Kier alpha value is -2.38. The van der Waals surface area contributed by atoms with E-state index in [1.165, 1.54) is 0 Å². The van der Waals surface area contributed by atoms with Crippen LogP contribution in [-0.2, 0) is 4.74 Å². The van der Waals surface area contributed by atoms with Gasteiger partial charge in [0, 0.05) is 23.8 Å². The van der Waals surface area contributed by atoms with Crippen LogP contribution >= 0.6 is 11.6 Å². The number of anilines is 2. The maximum absolute atomic E-state index is 12.6. The number of aromatic nitrogens is 2. The van der Waals surface area contributed by atoms with Gasteiger partial charge in [-0.3, -0.25) is 4.79 Å². The number of amides is 1. The van der Waals surface area contributed by atoms with E-state index >= 15 is 0 Å². The molecule has 1 aromatic carbocycles. The molecule has 0 atom stereocenters. The highest BCUT2D eigenvalue weighted by Gasteiger charge is 2.21. The number of aryl methyl sites for hydroxylation is 1. The van der Waals surface area contributed by atoms with Crippen molar-refractivity contribution in [3.63, 3.8) is 0 Å². The molecule has 1 fully saturated rings. The fraction of sp³-hybridized carbons (Fsp3) is 0.353. The average Bonchev–Trinajstić information content (AvgIpc) is 2.61. The second-order valence-corrected chi connectivity index (χ2v) is 6.03. The minimum atomic E-state index is -0.130. The zero-order valence-corrected chi connectivity index (χ0v) is 14.8. The third-order valence-corrected chi connectivity index (χ3v) is 4.01. The topological polar surface area (TPSA) is 76.6 Å².